The minimum atomic E-state index is -0.581. The Hall–Kier alpha value is -0.710. The number of ether oxygens (including phenoxy) is 2. The zero-order chi connectivity index (χ0) is 11.1. The fourth-order valence-electron chi connectivity index (χ4n) is 2.06. The van der Waals surface area contributed by atoms with Crippen molar-refractivity contribution in [3.05, 3.63) is 11.6 Å². The Balaban J connectivity index is 2.34. The number of hydrogen-bond donors (Lipinski definition) is 1. The number of hydrogen-bond acceptors (Lipinski definition) is 4. The Bertz CT molecular complexity index is 317. The summed E-state index contributed by atoms with van der Waals surface area (Å²) in [6.07, 6.45) is 3.79. The lowest BCUT2D eigenvalue weighted by molar-refractivity contribution is 0.0159. The van der Waals surface area contributed by atoms with Crippen LogP contribution in [0.1, 0.15) is 20.8 Å². The van der Waals surface area contributed by atoms with Gasteiger partial charge in [0, 0.05) is 6.21 Å². The first kappa shape index (κ1) is 10.8. The predicted molar refractivity (Wildman–Crippen MR) is 58.9 cm³/mol. The summed E-state index contributed by atoms with van der Waals surface area (Å²) in [4.78, 5) is 4.49. The zero-order valence-electron chi connectivity index (χ0n) is 9.49. The van der Waals surface area contributed by atoms with E-state index in [1.54, 1.807) is 0 Å². The fraction of sp³-hybridized carbons (Fsp3) is 0.727. The molecule has 0 aliphatic carbocycles. The maximum atomic E-state index is 6.44. The third kappa shape index (κ3) is 1.62. The van der Waals surface area contributed by atoms with Gasteiger partial charge in [-0.1, -0.05) is 6.08 Å². The van der Waals surface area contributed by atoms with Crippen LogP contribution in [0.4, 0.5) is 0 Å². The molecule has 0 bridgehead atoms. The van der Waals surface area contributed by atoms with Crippen LogP contribution in [0.15, 0.2) is 16.6 Å². The molecule has 2 aliphatic rings. The Morgan fingerprint density at radius 3 is 2.87 bits per heavy atom. The summed E-state index contributed by atoms with van der Waals surface area (Å²) >= 11 is 0. The van der Waals surface area contributed by atoms with Gasteiger partial charge in [-0.05, 0) is 26.3 Å². The van der Waals surface area contributed by atoms with E-state index in [1.165, 1.54) is 0 Å². The van der Waals surface area contributed by atoms with Crippen molar-refractivity contribution in [3.63, 3.8) is 0 Å². The average molecular weight is 210 g/mol. The van der Waals surface area contributed by atoms with Crippen LogP contribution in [0.5, 0.6) is 0 Å². The van der Waals surface area contributed by atoms with E-state index in [0.29, 0.717) is 13.4 Å². The summed E-state index contributed by atoms with van der Waals surface area (Å²) < 4.78 is 10.7. The number of allylic oxidation sites excluding steroid dienone is 1. The molecule has 1 fully saturated rings. The molecule has 0 aromatic rings. The second-order valence-corrected chi connectivity index (χ2v) is 4.78. The van der Waals surface area contributed by atoms with E-state index in [0.717, 1.165) is 5.57 Å². The van der Waals surface area contributed by atoms with E-state index in [2.05, 4.69) is 4.99 Å². The second kappa shape index (κ2) is 3.40. The quantitative estimate of drug-likeness (QED) is 0.698. The maximum Gasteiger partial charge on any atom is 0.147 e. The van der Waals surface area contributed by atoms with E-state index in [-0.39, 0.29) is 11.6 Å². The molecule has 0 amide bonds. The van der Waals surface area contributed by atoms with Gasteiger partial charge in [-0.2, -0.15) is 0 Å². The maximum absolute atomic E-state index is 6.44. The van der Waals surface area contributed by atoms with Crippen LogP contribution in [0, 0.1) is 0 Å². The molecule has 0 aromatic heterocycles. The number of aliphatic imine (C=N–C) groups is 1. The smallest absolute Gasteiger partial charge is 0.147 e. The molecule has 0 radical (unpaired) electrons. The molecule has 1 saturated heterocycles. The van der Waals surface area contributed by atoms with Crippen LogP contribution in [0.2, 0.25) is 0 Å². The van der Waals surface area contributed by atoms with E-state index in [9.17, 15) is 0 Å². The Kier molecular flexibility index (Phi) is 2.45. The van der Waals surface area contributed by atoms with Gasteiger partial charge in [0.05, 0.1) is 17.7 Å². The molecule has 4 heteroatoms. The molecule has 0 aromatic carbocycles. The van der Waals surface area contributed by atoms with Crippen LogP contribution >= 0.6 is 0 Å². The number of rotatable bonds is 1. The molecule has 1 unspecified atom stereocenters. The van der Waals surface area contributed by atoms with Gasteiger partial charge in [-0.25, -0.2) is 0 Å². The van der Waals surface area contributed by atoms with Crippen LogP contribution in [0.3, 0.4) is 0 Å². The monoisotopic (exact) mass is 210 g/mol. The highest BCUT2D eigenvalue weighted by Gasteiger charge is 2.49. The Labute approximate surface area is 90.1 Å². The molecule has 2 rings (SSSR count). The van der Waals surface area contributed by atoms with Gasteiger partial charge in [0.1, 0.15) is 12.9 Å². The second-order valence-electron chi connectivity index (χ2n) is 4.78. The average Bonchev–Trinajstić information content (AvgIpc) is 2.65. The lowest BCUT2D eigenvalue weighted by Gasteiger charge is -2.44. The molecular weight excluding hydrogens is 192 g/mol. The highest BCUT2D eigenvalue weighted by Crippen LogP contribution is 2.34. The highest BCUT2D eigenvalue weighted by atomic mass is 16.7. The fourth-order valence-corrected chi connectivity index (χ4v) is 2.06. The first-order valence-electron chi connectivity index (χ1n) is 5.19. The Morgan fingerprint density at radius 1 is 1.53 bits per heavy atom. The van der Waals surface area contributed by atoms with E-state index < -0.39 is 5.54 Å². The molecule has 84 valence electrons. The van der Waals surface area contributed by atoms with Crippen LogP contribution < -0.4 is 5.73 Å². The van der Waals surface area contributed by atoms with Gasteiger partial charge in [-0.15, -0.1) is 0 Å². The van der Waals surface area contributed by atoms with Crippen LogP contribution in [-0.4, -0.2) is 36.8 Å². The third-order valence-electron chi connectivity index (χ3n) is 3.27. The molecule has 2 N–H and O–H groups in total. The van der Waals surface area contributed by atoms with Gasteiger partial charge in [0.25, 0.3) is 0 Å². The summed E-state index contributed by atoms with van der Waals surface area (Å²) in [5, 5.41) is 0. The largest absolute Gasteiger partial charge is 0.353 e. The first-order chi connectivity index (χ1) is 6.96. The molecule has 0 saturated carbocycles. The molecule has 4 nitrogen and oxygen atoms in total. The summed E-state index contributed by atoms with van der Waals surface area (Å²) in [6, 6.07) is 0. The van der Waals surface area contributed by atoms with Gasteiger partial charge in [-0.3, -0.25) is 4.99 Å². The van der Waals surface area contributed by atoms with E-state index >= 15 is 0 Å². The van der Waals surface area contributed by atoms with Gasteiger partial charge in [0.2, 0.25) is 0 Å². The minimum Gasteiger partial charge on any atom is -0.353 e. The standard InChI is InChI=1S/C11H18N2O2/c1-8-4-11(12,9-6-14-7-15-9)10(2,3)13-5-8/h4-5,9H,6-7,12H2,1-3H3/t9-,11?/m0/s1. The summed E-state index contributed by atoms with van der Waals surface area (Å²) in [6.45, 7) is 6.91. The summed E-state index contributed by atoms with van der Waals surface area (Å²) in [5.74, 6) is 0. The van der Waals surface area contributed by atoms with Crippen molar-refractivity contribution in [2.24, 2.45) is 10.7 Å². The number of nitrogens with zero attached hydrogens (tertiary/aromatic N) is 1. The molecule has 2 aliphatic heterocycles. The highest BCUT2D eigenvalue weighted by molar-refractivity contribution is 5.80. The van der Waals surface area contributed by atoms with Crippen molar-refractivity contribution in [1.82, 2.24) is 0 Å². The van der Waals surface area contributed by atoms with Crippen molar-refractivity contribution in [1.29, 1.82) is 0 Å². The lowest BCUT2D eigenvalue weighted by Crippen LogP contribution is -2.64. The van der Waals surface area contributed by atoms with Crippen molar-refractivity contribution in [2.75, 3.05) is 13.4 Å². The number of nitrogens with two attached hydrogens (primary N) is 1. The summed E-state index contributed by atoms with van der Waals surface area (Å²) in [7, 11) is 0. The number of dihydropyridines is 1. The van der Waals surface area contributed by atoms with Gasteiger partial charge in [0.15, 0.2) is 0 Å². The minimum absolute atomic E-state index is 0.111. The normalized spacial score (nSPS) is 39.2. The Morgan fingerprint density at radius 2 is 2.27 bits per heavy atom. The molecule has 0 spiro atoms. The SMILES string of the molecule is CC1=CC(N)([C@@H]2COCO2)C(C)(C)N=C1. The predicted octanol–water partition coefficient (Wildman–Crippen LogP) is 0.866. The van der Waals surface area contributed by atoms with Crippen molar-refractivity contribution < 1.29 is 9.47 Å². The van der Waals surface area contributed by atoms with E-state index in [1.807, 2.05) is 33.1 Å². The van der Waals surface area contributed by atoms with Crippen LogP contribution in [-0.2, 0) is 9.47 Å². The molecule has 2 atom stereocenters. The van der Waals surface area contributed by atoms with E-state index in [4.69, 9.17) is 15.2 Å². The van der Waals surface area contributed by atoms with Crippen molar-refractivity contribution in [3.8, 4) is 0 Å². The van der Waals surface area contributed by atoms with Crippen molar-refractivity contribution in [2.45, 2.75) is 38.0 Å². The lowest BCUT2D eigenvalue weighted by atomic mass is 9.74. The van der Waals surface area contributed by atoms with Crippen molar-refractivity contribution >= 4 is 6.21 Å². The molecular formula is C11H18N2O2. The summed E-state index contributed by atoms with van der Waals surface area (Å²) in [5.41, 5.74) is 6.58. The zero-order valence-corrected chi connectivity index (χ0v) is 9.49. The van der Waals surface area contributed by atoms with Gasteiger partial charge >= 0.3 is 0 Å². The van der Waals surface area contributed by atoms with Crippen LogP contribution in [0.25, 0.3) is 0 Å². The first-order valence-corrected chi connectivity index (χ1v) is 5.19. The topological polar surface area (TPSA) is 56.8 Å². The van der Waals surface area contributed by atoms with Gasteiger partial charge < -0.3 is 15.2 Å². The molecule has 2 heterocycles. The third-order valence-corrected chi connectivity index (χ3v) is 3.27. The molecule has 15 heavy (non-hydrogen) atoms.